The van der Waals surface area contributed by atoms with E-state index >= 15 is 0 Å². The standard InChI is InChI=1S/C24H22N2O3/c1-16-14-20(28-15-17-6-4-3-5-7-17)12-13-21(16)23-22(24(25)29-26-23)18-8-10-19(27-2)11-9-18/h3-14H,15,25H2,1-2H3. The van der Waals surface area contributed by atoms with Crippen LogP contribution in [0.4, 0.5) is 5.88 Å². The molecule has 0 bridgehead atoms. The van der Waals surface area contributed by atoms with E-state index in [1.54, 1.807) is 7.11 Å². The van der Waals surface area contributed by atoms with E-state index in [1.807, 2.05) is 79.7 Å². The van der Waals surface area contributed by atoms with Gasteiger partial charge in [0.1, 0.15) is 23.8 Å². The third-order valence-electron chi connectivity index (χ3n) is 4.80. The van der Waals surface area contributed by atoms with Crippen LogP contribution in [0, 0.1) is 6.92 Å². The number of nitrogens with zero attached hydrogens (tertiary/aromatic N) is 1. The Balaban J connectivity index is 1.62. The monoisotopic (exact) mass is 386 g/mol. The van der Waals surface area contributed by atoms with Gasteiger partial charge in [0.15, 0.2) is 0 Å². The summed E-state index contributed by atoms with van der Waals surface area (Å²) in [5.74, 6) is 1.87. The van der Waals surface area contributed by atoms with E-state index in [2.05, 4.69) is 5.16 Å². The average molecular weight is 386 g/mol. The predicted octanol–water partition coefficient (Wildman–Crippen LogP) is 5.49. The Labute approximate surface area is 169 Å². The highest BCUT2D eigenvalue weighted by Gasteiger charge is 2.19. The minimum atomic E-state index is 0.286. The van der Waals surface area contributed by atoms with Crippen LogP contribution >= 0.6 is 0 Å². The van der Waals surface area contributed by atoms with Crippen molar-refractivity contribution in [3.63, 3.8) is 0 Å². The highest BCUT2D eigenvalue weighted by atomic mass is 16.5. The van der Waals surface area contributed by atoms with Crippen LogP contribution in [0.5, 0.6) is 11.5 Å². The third kappa shape index (κ3) is 3.94. The first-order chi connectivity index (χ1) is 14.2. The normalized spacial score (nSPS) is 10.7. The van der Waals surface area contributed by atoms with Crippen molar-refractivity contribution < 1.29 is 14.0 Å². The fourth-order valence-corrected chi connectivity index (χ4v) is 3.26. The van der Waals surface area contributed by atoms with E-state index in [0.717, 1.165) is 39.3 Å². The molecule has 146 valence electrons. The molecule has 5 heteroatoms. The van der Waals surface area contributed by atoms with Gasteiger partial charge in [0.05, 0.1) is 12.7 Å². The Morgan fingerprint density at radius 3 is 2.34 bits per heavy atom. The summed E-state index contributed by atoms with van der Waals surface area (Å²) >= 11 is 0. The summed E-state index contributed by atoms with van der Waals surface area (Å²) in [6.45, 7) is 2.54. The summed E-state index contributed by atoms with van der Waals surface area (Å²) in [7, 11) is 1.64. The molecular weight excluding hydrogens is 364 g/mol. The van der Waals surface area contributed by atoms with Gasteiger partial charge >= 0.3 is 0 Å². The van der Waals surface area contributed by atoms with Gasteiger partial charge in [0, 0.05) is 5.56 Å². The number of nitrogen functional groups attached to an aromatic ring is 1. The zero-order chi connectivity index (χ0) is 20.2. The third-order valence-corrected chi connectivity index (χ3v) is 4.80. The van der Waals surface area contributed by atoms with Crippen LogP contribution in [0.15, 0.2) is 77.3 Å². The SMILES string of the molecule is COc1ccc(-c2c(-c3ccc(OCc4ccccc4)cc3C)noc2N)cc1. The minimum absolute atomic E-state index is 0.286. The van der Waals surface area contributed by atoms with Crippen LogP contribution in [0.3, 0.4) is 0 Å². The lowest BCUT2D eigenvalue weighted by molar-refractivity contribution is 0.306. The Kier molecular flexibility index (Phi) is 5.20. The molecule has 1 aromatic heterocycles. The van der Waals surface area contributed by atoms with Gasteiger partial charge in [-0.2, -0.15) is 0 Å². The van der Waals surface area contributed by atoms with Crippen molar-refractivity contribution in [1.29, 1.82) is 0 Å². The molecule has 3 aromatic carbocycles. The number of ether oxygens (including phenoxy) is 2. The summed E-state index contributed by atoms with van der Waals surface area (Å²) in [5, 5.41) is 4.22. The van der Waals surface area contributed by atoms with E-state index in [0.29, 0.717) is 12.3 Å². The number of benzene rings is 3. The Morgan fingerprint density at radius 2 is 1.66 bits per heavy atom. The van der Waals surface area contributed by atoms with Crippen LogP contribution in [-0.4, -0.2) is 12.3 Å². The first kappa shape index (κ1) is 18.6. The fraction of sp³-hybridized carbons (Fsp3) is 0.125. The molecule has 4 rings (SSSR count). The molecule has 0 aliphatic rings. The number of methoxy groups -OCH3 is 1. The average Bonchev–Trinajstić information content (AvgIpc) is 3.14. The molecule has 0 saturated heterocycles. The fourth-order valence-electron chi connectivity index (χ4n) is 3.26. The molecular formula is C24H22N2O3. The second-order valence-corrected chi connectivity index (χ2v) is 6.75. The summed E-state index contributed by atoms with van der Waals surface area (Å²) < 4.78 is 16.5. The number of anilines is 1. The van der Waals surface area contributed by atoms with Crippen LogP contribution in [0.1, 0.15) is 11.1 Å². The van der Waals surface area contributed by atoms with Gasteiger partial charge in [0.2, 0.25) is 5.88 Å². The van der Waals surface area contributed by atoms with E-state index in [4.69, 9.17) is 19.7 Å². The lowest BCUT2D eigenvalue weighted by Crippen LogP contribution is -1.96. The van der Waals surface area contributed by atoms with E-state index < -0.39 is 0 Å². The van der Waals surface area contributed by atoms with E-state index in [-0.39, 0.29) is 5.88 Å². The lowest BCUT2D eigenvalue weighted by Gasteiger charge is -2.10. The van der Waals surface area contributed by atoms with Crippen molar-refractivity contribution >= 4 is 5.88 Å². The Bertz CT molecular complexity index is 1100. The van der Waals surface area contributed by atoms with Gasteiger partial charge in [-0.05, 0) is 53.9 Å². The summed E-state index contributed by atoms with van der Waals surface area (Å²) in [4.78, 5) is 0. The number of hydrogen-bond donors (Lipinski definition) is 1. The maximum absolute atomic E-state index is 6.09. The molecule has 0 aliphatic heterocycles. The van der Waals surface area contributed by atoms with Crippen LogP contribution in [0.25, 0.3) is 22.4 Å². The molecule has 29 heavy (non-hydrogen) atoms. The number of aromatic nitrogens is 1. The second kappa shape index (κ2) is 8.10. The van der Waals surface area contributed by atoms with Gasteiger partial charge in [-0.15, -0.1) is 0 Å². The van der Waals surface area contributed by atoms with Gasteiger partial charge in [0.25, 0.3) is 0 Å². The molecule has 0 atom stereocenters. The maximum atomic E-state index is 6.09. The highest BCUT2D eigenvalue weighted by molar-refractivity contribution is 5.88. The first-order valence-electron chi connectivity index (χ1n) is 9.33. The number of hydrogen-bond acceptors (Lipinski definition) is 5. The summed E-state index contributed by atoms with van der Waals surface area (Å²) in [5.41, 5.74) is 11.6. The maximum Gasteiger partial charge on any atom is 0.230 e. The van der Waals surface area contributed by atoms with Gasteiger partial charge in [-0.3, -0.25) is 0 Å². The molecule has 0 amide bonds. The Hall–Kier alpha value is -3.73. The van der Waals surface area contributed by atoms with Crippen LogP contribution in [-0.2, 0) is 6.61 Å². The number of nitrogens with two attached hydrogens (primary N) is 1. The van der Waals surface area contributed by atoms with E-state index in [1.165, 1.54) is 0 Å². The summed E-state index contributed by atoms with van der Waals surface area (Å²) in [6.07, 6.45) is 0. The van der Waals surface area contributed by atoms with Crippen molar-refractivity contribution in [2.24, 2.45) is 0 Å². The molecule has 4 aromatic rings. The van der Waals surface area contributed by atoms with Crippen molar-refractivity contribution in [2.75, 3.05) is 12.8 Å². The van der Waals surface area contributed by atoms with Crippen molar-refractivity contribution in [3.05, 3.63) is 83.9 Å². The van der Waals surface area contributed by atoms with Crippen molar-refractivity contribution in [2.45, 2.75) is 13.5 Å². The number of rotatable bonds is 6. The molecule has 0 spiro atoms. The molecule has 0 fully saturated rings. The first-order valence-corrected chi connectivity index (χ1v) is 9.33. The highest BCUT2D eigenvalue weighted by Crippen LogP contribution is 2.38. The zero-order valence-electron chi connectivity index (χ0n) is 16.4. The van der Waals surface area contributed by atoms with Gasteiger partial charge < -0.3 is 19.7 Å². The lowest BCUT2D eigenvalue weighted by atomic mass is 9.98. The topological polar surface area (TPSA) is 70.5 Å². The van der Waals surface area contributed by atoms with Crippen LogP contribution < -0.4 is 15.2 Å². The van der Waals surface area contributed by atoms with Crippen LogP contribution in [0.2, 0.25) is 0 Å². The van der Waals surface area contributed by atoms with Crippen molar-refractivity contribution in [3.8, 4) is 33.9 Å². The predicted molar refractivity (Wildman–Crippen MR) is 114 cm³/mol. The number of aryl methyl sites for hydroxylation is 1. The molecule has 0 radical (unpaired) electrons. The quantitative estimate of drug-likeness (QED) is 0.475. The molecule has 5 nitrogen and oxygen atoms in total. The van der Waals surface area contributed by atoms with Gasteiger partial charge in [-0.1, -0.05) is 47.6 Å². The molecule has 2 N–H and O–H groups in total. The molecule has 0 unspecified atom stereocenters. The second-order valence-electron chi connectivity index (χ2n) is 6.75. The van der Waals surface area contributed by atoms with E-state index in [9.17, 15) is 0 Å². The smallest absolute Gasteiger partial charge is 0.230 e. The largest absolute Gasteiger partial charge is 0.497 e. The minimum Gasteiger partial charge on any atom is -0.497 e. The van der Waals surface area contributed by atoms with Crippen molar-refractivity contribution in [1.82, 2.24) is 5.16 Å². The van der Waals surface area contributed by atoms with Gasteiger partial charge in [-0.25, -0.2) is 0 Å². The molecule has 0 saturated carbocycles. The zero-order valence-corrected chi connectivity index (χ0v) is 16.4. The summed E-state index contributed by atoms with van der Waals surface area (Å²) in [6, 6.07) is 23.7. The molecule has 0 aliphatic carbocycles. The Morgan fingerprint density at radius 1 is 0.931 bits per heavy atom. The molecule has 1 heterocycles.